The first kappa shape index (κ1) is 13.0. The van der Waals surface area contributed by atoms with Gasteiger partial charge >= 0.3 is 0 Å². The van der Waals surface area contributed by atoms with Crippen LogP contribution >= 0.6 is 15.9 Å². The number of nitrogens with zero attached hydrogens (tertiary/aromatic N) is 2. The van der Waals surface area contributed by atoms with E-state index >= 15 is 0 Å². The molecule has 1 aromatic heterocycles. The van der Waals surface area contributed by atoms with Crippen LogP contribution in [-0.4, -0.2) is 17.1 Å². The molecule has 0 saturated carbocycles. The van der Waals surface area contributed by atoms with Gasteiger partial charge < -0.3 is 10.1 Å². The van der Waals surface area contributed by atoms with Gasteiger partial charge in [-0.05, 0) is 27.1 Å². The first-order valence-corrected chi connectivity index (χ1v) is 6.36. The van der Waals surface area contributed by atoms with Crippen LogP contribution in [0.4, 0.5) is 5.82 Å². The highest BCUT2D eigenvalue weighted by atomic mass is 79.9. The molecule has 0 bridgehead atoms. The molecular weight excluding hydrogens is 294 g/mol. The van der Waals surface area contributed by atoms with E-state index in [0.717, 1.165) is 10.4 Å². The van der Waals surface area contributed by atoms with Gasteiger partial charge in [0.2, 0.25) is 0 Å². The molecule has 18 heavy (non-hydrogen) atoms. The summed E-state index contributed by atoms with van der Waals surface area (Å²) in [6, 6.07) is 10.0. The van der Waals surface area contributed by atoms with Crippen LogP contribution in [0.3, 0.4) is 0 Å². The molecule has 1 heterocycles. The van der Waals surface area contributed by atoms with Crippen LogP contribution in [0.15, 0.2) is 41.3 Å². The molecule has 94 valence electrons. The second-order valence-corrected chi connectivity index (χ2v) is 4.59. The lowest BCUT2D eigenvalue weighted by molar-refractivity contribution is 0.184. The molecule has 1 N–H and O–H groups in total. The van der Waals surface area contributed by atoms with Crippen molar-refractivity contribution in [3.63, 3.8) is 0 Å². The van der Waals surface area contributed by atoms with E-state index in [1.54, 1.807) is 7.11 Å². The van der Waals surface area contributed by atoms with Crippen LogP contribution in [0.5, 0.6) is 0 Å². The number of nitrogens with one attached hydrogen (secondary N) is 1. The van der Waals surface area contributed by atoms with Gasteiger partial charge in [0.1, 0.15) is 16.7 Å². The van der Waals surface area contributed by atoms with Crippen LogP contribution in [0.25, 0.3) is 0 Å². The summed E-state index contributed by atoms with van der Waals surface area (Å²) in [6.45, 7) is 1.33. The van der Waals surface area contributed by atoms with Crippen LogP contribution in [-0.2, 0) is 17.9 Å². The SMILES string of the molecule is COCc1ccccc1CNc1cc(Br)ncn1. The molecule has 0 unspecified atom stereocenters. The van der Waals surface area contributed by atoms with Gasteiger partial charge in [-0.15, -0.1) is 0 Å². The first-order chi connectivity index (χ1) is 8.79. The minimum Gasteiger partial charge on any atom is -0.380 e. The Labute approximate surface area is 115 Å². The minimum atomic E-state index is 0.616. The highest BCUT2D eigenvalue weighted by molar-refractivity contribution is 9.10. The summed E-state index contributed by atoms with van der Waals surface area (Å²) in [5.74, 6) is 0.795. The van der Waals surface area contributed by atoms with E-state index in [9.17, 15) is 0 Å². The molecule has 4 nitrogen and oxygen atoms in total. The van der Waals surface area contributed by atoms with Crippen LogP contribution < -0.4 is 5.32 Å². The fourth-order valence-corrected chi connectivity index (χ4v) is 1.95. The predicted octanol–water partition coefficient (Wildman–Crippen LogP) is 3.00. The maximum atomic E-state index is 5.18. The highest BCUT2D eigenvalue weighted by Gasteiger charge is 2.02. The smallest absolute Gasteiger partial charge is 0.130 e. The molecule has 0 aliphatic rings. The molecule has 0 radical (unpaired) electrons. The Balaban J connectivity index is 2.06. The molecule has 0 fully saturated rings. The van der Waals surface area contributed by atoms with Crippen LogP contribution in [0.1, 0.15) is 11.1 Å². The number of aromatic nitrogens is 2. The van der Waals surface area contributed by atoms with Crippen LogP contribution in [0, 0.1) is 0 Å². The number of anilines is 1. The highest BCUT2D eigenvalue weighted by Crippen LogP contribution is 2.14. The number of rotatable bonds is 5. The van der Waals surface area contributed by atoms with Crippen molar-refractivity contribution >= 4 is 21.7 Å². The Morgan fingerprint density at radius 3 is 2.72 bits per heavy atom. The zero-order valence-electron chi connectivity index (χ0n) is 10.1. The van der Waals surface area contributed by atoms with Gasteiger partial charge in [0, 0.05) is 19.7 Å². The maximum Gasteiger partial charge on any atom is 0.130 e. The average molecular weight is 308 g/mol. The van der Waals surface area contributed by atoms with Crippen molar-refractivity contribution in [2.75, 3.05) is 12.4 Å². The molecule has 2 aromatic rings. The monoisotopic (exact) mass is 307 g/mol. The molecule has 2 rings (SSSR count). The summed E-state index contributed by atoms with van der Waals surface area (Å²) in [4.78, 5) is 8.13. The number of methoxy groups -OCH3 is 1. The van der Waals surface area contributed by atoms with E-state index in [0.29, 0.717) is 13.2 Å². The summed E-state index contributed by atoms with van der Waals surface area (Å²) in [5, 5.41) is 3.26. The third kappa shape index (κ3) is 3.51. The third-order valence-corrected chi connectivity index (χ3v) is 2.95. The molecule has 0 saturated heterocycles. The lowest BCUT2D eigenvalue weighted by Gasteiger charge is -2.10. The average Bonchev–Trinajstić information content (AvgIpc) is 2.38. The fourth-order valence-electron chi connectivity index (χ4n) is 1.64. The summed E-state index contributed by atoms with van der Waals surface area (Å²) in [5.41, 5.74) is 2.38. The van der Waals surface area contributed by atoms with Gasteiger partial charge in [0.05, 0.1) is 6.61 Å². The molecule has 5 heteroatoms. The molecule has 0 amide bonds. The Hall–Kier alpha value is -1.46. The largest absolute Gasteiger partial charge is 0.380 e. The zero-order chi connectivity index (χ0) is 12.8. The molecule has 0 aliphatic carbocycles. The zero-order valence-corrected chi connectivity index (χ0v) is 11.6. The fraction of sp³-hybridized carbons (Fsp3) is 0.231. The van der Waals surface area contributed by atoms with Crippen LogP contribution in [0.2, 0.25) is 0 Å². The lowest BCUT2D eigenvalue weighted by Crippen LogP contribution is -2.05. The molecule has 0 spiro atoms. The normalized spacial score (nSPS) is 10.3. The third-order valence-electron chi connectivity index (χ3n) is 2.51. The summed E-state index contributed by atoms with van der Waals surface area (Å²) in [6.07, 6.45) is 1.52. The van der Waals surface area contributed by atoms with E-state index in [1.165, 1.54) is 17.5 Å². The quantitative estimate of drug-likeness (QED) is 0.863. The van der Waals surface area contributed by atoms with Gasteiger partial charge in [-0.3, -0.25) is 0 Å². The number of halogens is 1. The second kappa shape index (κ2) is 6.47. The van der Waals surface area contributed by atoms with Gasteiger partial charge in [-0.2, -0.15) is 0 Å². The minimum absolute atomic E-state index is 0.616. The van der Waals surface area contributed by atoms with E-state index in [2.05, 4.69) is 43.3 Å². The van der Waals surface area contributed by atoms with Gasteiger partial charge in [-0.1, -0.05) is 24.3 Å². The van der Waals surface area contributed by atoms with Gasteiger partial charge in [0.25, 0.3) is 0 Å². The maximum absolute atomic E-state index is 5.18. The molecular formula is C13H14BrN3O. The Kier molecular flexibility index (Phi) is 4.66. The van der Waals surface area contributed by atoms with E-state index in [-0.39, 0.29) is 0 Å². The summed E-state index contributed by atoms with van der Waals surface area (Å²) < 4.78 is 5.95. The van der Waals surface area contributed by atoms with Crippen molar-refractivity contribution in [3.8, 4) is 0 Å². The van der Waals surface area contributed by atoms with E-state index in [1.807, 2.05) is 18.2 Å². The van der Waals surface area contributed by atoms with Crippen molar-refractivity contribution < 1.29 is 4.74 Å². The first-order valence-electron chi connectivity index (χ1n) is 5.56. The van der Waals surface area contributed by atoms with Crippen molar-refractivity contribution in [2.45, 2.75) is 13.2 Å². The lowest BCUT2D eigenvalue weighted by atomic mass is 10.1. The van der Waals surface area contributed by atoms with E-state index < -0.39 is 0 Å². The Morgan fingerprint density at radius 2 is 2.00 bits per heavy atom. The summed E-state index contributed by atoms with van der Waals surface area (Å²) in [7, 11) is 1.70. The predicted molar refractivity (Wildman–Crippen MR) is 74.2 cm³/mol. The topological polar surface area (TPSA) is 47.0 Å². The van der Waals surface area contributed by atoms with Gasteiger partial charge in [0.15, 0.2) is 0 Å². The van der Waals surface area contributed by atoms with Crippen molar-refractivity contribution in [1.29, 1.82) is 0 Å². The standard InChI is InChI=1S/C13H14BrN3O/c1-18-8-11-5-3-2-4-10(11)7-15-13-6-12(14)16-9-17-13/h2-6,9H,7-8H2,1H3,(H,15,16,17). The molecule has 0 aliphatic heterocycles. The number of ether oxygens (including phenoxy) is 1. The Morgan fingerprint density at radius 1 is 1.22 bits per heavy atom. The second-order valence-electron chi connectivity index (χ2n) is 3.78. The molecule has 1 aromatic carbocycles. The number of benzene rings is 1. The van der Waals surface area contributed by atoms with E-state index in [4.69, 9.17) is 4.74 Å². The van der Waals surface area contributed by atoms with Crippen molar-refractivity contribution in [2.24, 2.45) is 0 Å². The number of hydrogen-bond donors (Lipinski definition) is 1. The van der Waals surface area contributed by atoms with Crippen molar-refractivity contribution in [3.05, 3.63) is 52.4 Å². The van der Waals surface area contributed by atoms with Gasteiger partial charge in [-0.25, -0.2) is 9.97 Å². The van der Waals surface area contributed by atoms with Crippen molar-refractivity contribution in [1.82, 2.24) is 9.97 Å². The summed E-state index contributed by atoms with van der Waals surface area (Å²) >= 11 is 3.32. The molecule has 0 atom stereocenters. The number of hydrogen-bond acceptors (Lipinski definition) is 4. The Bertz CT molecular complexity index is 519.